The van der Waals surface area contributed by atoms with Crippen molar-refractivity contribution in [1.29, 1.82) is 0 Å². The number of hydrogen-bond acceptors (Lipinski definition) is 3. The zero-order valence-electron chi connectivity index (χ0n) is 7.04. The van der Waals surface area contributed by atoms with Gasteiger partial charge in [-0.25, -0.2) is 10.2 Å². The van der Waals surface area contributed by atoms with E-state index in [2.05, 4.69) is 9.97 Å². The predicted octanol–water partition coefficient (Wildman–Crippen LogP) is 0.305. The first-order valence-electron chi connectivity index (χ1n) is 3.85. The van der Waals surface area contributed by atoms with Gasteiger partial charge in [0.2, 0.25) is 0 Å². The zero-order chi connectivity index (χ0) is 10.1. The van der Waals surface area contributed by atoms with E-state index in [4.69, 9.17) is 5.84 Å². The van der Waals surface area contributed by atoms with Crippen molar-refractivity contribution in [2.75, 3.05) is 0 Å². The highest BCUT2D eigenvalue weighted by molar-refractivity contribution is 6.06. The Bertz CT molecular complexity index is 493. The number of carbonyl (C=O) groups is 1. The Balaban J connectivity index is 2.70. The van der Waals surface area contributed by atoms with E-state index in [9.17, 15) is 9.18 Å². The van der Waals surface area contributed by atoms with Crippen LogP contribution < -0.4 is 11.3 Å². The minimum atomic E-state index is -0.501. The van der Waals surface area contributed by atoms with Crippen LogP contribution in [0.1, 0.15) is 10.4 Å². The molecular formula is C8H7FN4O. The summed E-state index contributed by atoms with van der Waals surface area (Å²) in [5.74, 6) is 3.98. The number of nitrogens with two attached hydrogens (primary N) is 1. The van der Waals surface area contributed by atoms with Crippen molar-refractivity contribution in [2.45, 2.75) is 0 Å². The maximum absolute atomic E-state index is 13.1. The van der Waals surface area contributed by atoms with Gasteiger partial charge in [0.05, 0.1) is 17.3 Å². The molecule has 0 unspecified atom stereocenters. The first kappa shape index (κ1) is 8.64. The molecule has 0 atom stereocenters. The van der Waals surface area contributed by atoms with Crippen LogP contribution in [0.25, 0.3) is 10.9 Å². The molecule has 0 fully saturated rings. The van der Waals surface area contributed by atoms with Gasteiger partial charge in [-0.3, -0.25) is 15.2 Å². The lowest BCUT2D eigenvalue weighted by molar-refractivity contribution is 0.0955. The molecule has 72 valence electrons. The summed E-state index contributed by atoms with van der Waals surface area (Å²) in [6.45, 7) is 0. The van der Waals surface area contributed by atoms with E-state index in [1.54, 1.807) is 0 Å². The lowest BCUT2D eigenvalue weighted by atomic mass is 10.2. The summed E-state index contributed by atoms with van der Waals surface area (Å²) in [5.41, 5.74) is 2.49. The van der Waals surface area contributed by atoms with Gasteiger partial charge in [0.1, 0.15) is 0 Å². The molecule has 2 heterocycles. The smallest absolute Gasteiger partial charge is 0.267 e. The molecule has 14 heavy (non-hydrogen) atoms. The summed E-state index contributed by atoms with van der Waals surface area (Å²) in [7, 11) is 0. The number of nitrogens with zero attached hydrogens (tertiary/aromatic N) is 1. The van der Waals surface area contributed by atoms with E-state index >= 15 is 0 Å². The average molecular weight is 194 g/mol. The number of halogens is 1. The van der Waals surface area contributed by atoms with E-state index in [0.717, 1.165) is 6.20 Å². The van der Waals surface area contributed by atoms with Gasteiger partial charge in [0, 0.05) is 17.8 Å². The SMILES string of the molecule is NNC(=O)c1c[nH]c2c(F)cncc12. The Morgan fingerprint density at radius 3 is 3.07 bits per heavy atom. The fourth-order valence-electron chi connectivity index (χ4n) is 1.27. The quantitative estimate of drug-likeness (QED) is 0.347. The van der Waals surface area contributed by atoms with Crippen molar-refractivity contribution in [3.63, 3.8) is 0 Å². The Morgan fingerprint density at radius 1 is 1.57 bits per heavy atom. The Labute approximate surface area is 78.1 Å². The molecule has 5 nitrogen and oxygen atoms in total. The molecule has 2 aromatic heterocycles. The maximum Gasteiger partial charge on any atom is 0.267 e. The number of aromatic amines is 1. The van der Waals surface area contributed by atoms with E-state index < -0.39 is 11.7 Å². The topological polar surface area (TPSA) is 83.8 Å². The van der Waals surface area contributed by atoms with Crippen molar-refractivity contribution in [3.05, 3.63) is 30.0 Å². The van der Waals surface area contributed by atoms with Gasteiger partial charge >= 0.3 is 0 Å². The molecule has 0 saturated carbocycles. The highest BCUT2D eigenvalue weighted by atomic mass is 19.1. The number of nitrogen functional groups attached to an aromatic ring is 1. The standard InChI is InChI=1S/C8H7FN4O/c9-6-3-11-1-4-5(8(14)13-10)2-12-7(4)6/h1-3,12H,10H2,(H,13,14). The van der Waals surface area contributed by atoms with Gasteiger partial charge in [0.25, 0.3) is 5.91 Å². The van der Waals surface area contributed by atoms with Crippen molar-refractivity contribution in [3.8, 4) is 0 Å². The number of amides is 1. The van der Waals surface area contributed by atoms with Crippen LogP contribution in [0.2, 0.25) is 0 Å². The first-order valence-corrected chi connectivity index (χ1v) is 3.85. The summed E-state index contributed by atoms with van der Waals surface area (Å²) in [4.78, 5) is 17.5. The fraction of sp³-hybridized carbons (Fsp3) is 0. The second-order valence-electron chi connectivity index (χ2n) is 2.72. The first-order chi connectivity index (χ1) is 6.74. The molecule has 0 spiro atoms. The molecule has 0 radical (unpaired) electrons. The third-order valence-corrected chi connectivity index (χ3v) is 1.93. The average Bonchev–Trinajstić information content (AvgIpc) is 2.62. The van der Waals surface area contributed by atoms with Crippen LogP contribution in [-0.4, -0.2) is 15.9 Å². The van der Waals surface area contributed by atoms with Crippen LogP contribution in [0.15, 0.2) is 18.6 Å². The van der Waals surface area contributed by atoms with Crippen LogP contribution in [0.3, 0.4) is 0 Å². The minimum absolute atomic E-state index is 0.249. The Morgan fingerprint density at radius 2 is 2.36 bits per heavy atom. The second-order valence-corrected chi connectivity index (χ2v) is 2.72. The molecule has 2 aromatic rings. The van der Waals surface area contributed by atoms with E-state index in [1.807, 2.05) is 5.43 Å². The highest BCUT2D eigenvalue weighted by Gasteiger charge is 2.12. The highest BCUT2D eigenvalue weighted by Crippen LogP contribution is 2.18. The minimum Gasteiger partial charge on any atom is -0.358 e. The number of rotatable bonds is 1. The predicted molar refractivity (Wildman–Crippen MR) is 47.7 cm³/mol. The summed E-state index contributed by atoms with van der Waals surface area (Å²) < 4.78 is 13.1. The number of nitrogens with one attached hydrogen (secondary N) is 2. The number of H-pyrrole nitrogens is 1. The van der Waals surface area contributed by atoms with Crippen LogP contribution in [-0.2, 0) is 0 Å². The molecule has 0 aliphatic rings. The lowest BCUT2D eigenvalue weighted by Gasteiger charge is -1.96. The molecule has 0 saturated heterocycles. The van der Waals surface area contributed by atoms with Crippen molar-refractivity contribution in [1.82, 2.24) is 15.4 Å². The van der Waals surface area contributed by atoms with Gasteiger partial charge in [0.15, 0.2) is 5.82 Å². The van der Waals surface area contributed by atoms with Gasteiger partial charge in [-0.15, -0.1) is 0 Å². The molecule has 4 N–H and O–H groups in total. The van der Waals surface area contributed by atoms with E-state index in [-0.39, 0.29) is 11.1 Å². The number of carbonyl (C=O) groups excluding carboxylic acids is 1. The molecule has 2 rings (SSSR count). The van der Waals surface area contributed by atoms with Crippen LogP contribution in [0.4, 0.5) is 4.39 Å². The van der Waals surface area contributed by atoms with Gasteiger partial charge < -0.3 is 4.98 Å². The number of fused-ring (bicyclic) bond motifs is 1. The van der Waals surface area contributed by atoms with Gasteiger partial charge in [-0.05, 0) is 0 Å². The van der Waals surface area contributed by atoms with E-state index in [0.29, 0.717) is 5.39 Å². The molecule has 0 aliphatic carbocycles. The van der Waals surface area contributed by atoms with Gasteiger partial charge in [-0.1, -0.05) is 0 Å². The summed E-state index contributed by atoms with van der Waals surface area (Å²) >= 11 is 0. The second kappa shape index (κ2) is 3.08. The third kappa shape index (κ3) is 1.12. The Hall–Kier alpha value is -1.95. The van der Waals surface area contributed by atoms with Crippen molar-refractivity contribution in [2.24, 2.45) is 5.84 Å². The van der Waals surface area contributed by atoms with E-state index in [1.165, 1.54) is 12.4 Å². The van der Waals surface area contributed by atoms with Gasteiger partial charge in [-0.2, -0.15) is 0 Å². The zero-order valence-corrected chi connectivity index (χ0v) is 7.04. The summed E-state index contributed by atoms with van der Waals surface area (Å²) in [6.07, 6.45) is 3.86. The maximum atomic E-state index is 13.1. The number of hydrazine groups is 1. The molecular weight excluding hydrogens is 187 g/mol. The number of aromatic nitrogens is 2. The van der Waals surface area contributed by atoms with Crippen LogP contribution in [0.5, 0.6) is 0 Å². The van der Waals surface area contributed by atoms with Crippen molar-refractivity contribution >= 4 is 16.8 Å². The normalized spacial score (nSPS) is 10.4. The lowest BCUT2D eigenvalue weighted by Crippen LogP contribution is -2.29. The molecule has 6 heteroatoms. The number of hydrogen-bond donors (Lipinski definition) is 3. The monoisotopic (exact) mass is 194 g/mol. The molecule has 1 amide bonds. The summed E-state index contributed by atoms with van der Waals surface area (Å²) in [5, 5.41) is 0.410. The fourth-order valence-corrected chi connectivity index (χ4v) is 1.27. The number of pyridine rings is 1. The largest absolute Gasteiger partial charge is 0.358 e. The van der Waals surface area contributed by atoms with Crippen LogP contribution in [0, 0.1) is 5.82 Å². The third-order valence-electron chi connectivity index (χ3n) is 1.93. The molecule has 0 bridgehead atoms. The summed E-state index contributed by atoms with van der Waals surface area (Å²) in [6, 6.07) is 0. The van der Waals surface area contributed by atoms with Crippen molar-refractivity contribution < 1.29 is 9.18 Å². The Kier molecular flexibility index (Phi) is 1.90. The van der Waals surface area contributed by atoms with Crippen LogP contribution >= 0.6 is 0 Å². The molecule has 0 aliphatic heterocycles. The molecule has 0 aromatic carbocycles.